The highest BCUT2D eigenvalue weighted by molar-refractivity contribution is 7.18. The van der Waals surface area contributed by atoms with E-state index in [4.69, 9.17) is 4.42 Å². The highest BCUT2D eigenvalue weighted by atomic mass is 32.1. The zero-order valence-electron chi connectivity index (χ0n) is 12.8. The van der Waals surface area contributed by atoms with E-state index < -0.39 is 11.7 Å². The average molecular weight is 346 g/mol. The maximum Gasteiger partial charge on any atom is 0.222 e. The first kappa shape index (κ1) is 15.2. The number of nitriles is 1. The Morgan fingerprint density at radius 1 is 1.16 bits per heavy atom. The molecular formula is C19H10N2O3S. The molecule has 0 saturated heterocycles. The molecule has 0 N–H and O–H groups in total. The van der Waals surface area contributed by atoms with E-state index in [-0.39, 0.29) is 11.2 Å². The first-order valence-electron chi connectivity index (χ1n) is 7.49. The lowest BCUT2D eigenvalue weighted by Crippen LogP contribution is -2.14. The zero-order valence-corrected chi connectivity index (χ0v) is 13.6. The molecule has 5 nitrogen and oxygen atoms in total. The van der Waals surface area contributed by atoms with Crippen LogP contribution in [0.3, 0.4) is 0 Å². The van der Waals surface area contributed by atoms with Crippen LogP contribution in [0.15, 0.2) is 63.8 Å². The van der Waals surface area contributed by atoms with Gasteiger partial charge in [-0.3, -0.25) is 9.59 Å². The lowest BCUT2D eigenvalue weighted by atomic mass is 10.0. The van der Waals surface area contributed by atoms with E-state index in [0.717, 1.165) is 16.3 Å². The minimum absolute atomic E-state index is 0.130. The number of aromatic nitrogens is 1. The molecule has 0 radical (unpaired) electrons. The normalized spacial score (nSPS) is 12.1. The van der Waals surface area contributed by atoms with Crippen molar-refractivity contribution in [3.05, 3.63) is 75.6 Å². The van der Waals surface area contributed by atoms with Gasteiger partial charge in [-0.1, -0.05) is 24.3 Å². The van der Waals surface area contributed by atoms with Gasteiger partial charge >= 0.3 is 0 Å². The molecular weight excluding hydrogens is 336 g/mol. The second-order valence-electron chi connectivity index (χ2n) is 5.42. The van der Waals surface area contributed by atoms with Gasteiger partial charge in [0.25, 0.3) is 0 Å². The van der Waals surface area contributed by atoms with E-state index in [0.29, 0.717) is 16.0 Å². The summed E-state index contributed by atoms with van der Waals surface area (Å²) < 4.78 is 6.45. The van der Waals surface area contributed by atoms with E-state index in [2.05, 4.69) is 4.98 Å². The van der Waals surface area contributed by atoms with Crippen molar-refractivity contribution in [3.8, 4) is 6.07 Å². The van der Waals surface area contributed by atoms with Crippen molar-refractivity contribution in [1.82, 2.24) is 4.98 Å². The maximum absolute atomic E-state index is 12.8. The highest BCUT2D eigenvalue weighted by Gasteiger charge is 2.28. The smallest absolute Gasteiger partial charge is 0.222 e. The Morgan fingerprint density at radius 3 is 2.72 bits per heavy atom. The number of benzene rings is 2. The van der Waals surface area contributed by atoms with Gasteiger partial charge in [-0.15, -0.1) is 11.3 Å². The molecule has 4 rings (SSSR count). The first-order chi connectivity index (χ1) is 12.2. The number of nitrogens with zero attached hydrogens (tertiary/aromatic N) is 2. The Hall–Kier alpha value is -3.30. The number of hydrogen-bond acceptors (Lipinski definition) is 6. The van der Waals surface area contributed by atoms with Gasteiger partial charge in [0.1, 0.15) is 10.6 Å². The summed E-state index contributed by atoms with van der Waals surface area (Å²) in [7, 11) is 0. The lowest BCUT2D eigenvalue weighted by molar-refractivity contribution is 0.0952. The molecule has 2 aromatic heterocycles. The predicted molar refractivity (Wildman–Crippen MR) is 94.8 cm³/mol. The lowest BCUT2D eigenvalue weighted by Gasteiger charge is -2.05. The van der Waals surface area contributed by atoms with Gasteiger partial charge in [0.2, 0.25) is 5.78 Å². The van der Waals surface area contributed by atoms with Crippen LogP contribution in [0.1, 0.15) is 21.5 Å². The van der Waals surface area contributed by atoms with Gasteiger partial charge in [0.05, 0.1) is 21.7 Å². The van der Waals surface area contributed by atoms with Gasteiger partial charge < -0.3 is 4.42 Å². The largest absolute Gasteiger partial charge is 0.453 e. The van der Waals surface area contributed by atoms with Crippen LogP contribution < -0.4 is 5.43 Å². The van der Waals surface area contributed by atoms with Gasteiger partial charge in [-0.2, -0.15) is 5.26 Å². The molecule has 120 valence electrons. The van der Waals surface area contributed by atoms with E-state index in [1.54, 1.807) is 24.3 Å². The highest BCUT2D eigenvalue weighted by Crippen LogP contribution is 2.29. The number of rotatable bonds is 3. The molecule has 0 saturated carbocycles. The van der Waals surface area contributed by atoms with Crippen LogP contribution in [0, 0.1) is 11.3 Å². The van der Waals surface area contributed by atoms with Crippen molar-refractivity contribution < 1.29 is 9.21 Å². The van der Waals surface area contributed by atoms with E-state index in [1.165, 1.54) is 11.3 Å². The summed E-state index contributed by atoms with van der Waals surface area (Å²) in [5.74, 6) is -1.80. The minimum atomic E-state index is -1.11. The summed E-state index contributed by atoms with van der Waals surface area (Å²) in [5, 5.41) is 10.3. The van der Waals surface area contributed by atoms with Crippen molar-refractivity contribution in [3.63, 3.8) is 0 Å². The summed E-state index contributed by atoms with van der Waals surface area (Å²) in [6, 6.07) is 17.2. The van der Waals surface area contributed by atoms with Crippen molar-refractivity contribution in [1.29, 1.82) is 5.26 Å². The van der Waals surface area contributed by atoms with E-state index in [1.807, 2.05) is 30.3 Å². The van der Waals surface area contributed by atoms with Crippen LogP contribution in [-0.4, -0.2) is 10.8 Å². The molecule has 0 aliphatic carbocycles. The molecule has 0 unspecified atom stereocenters. The molecule has 6 heteroatoms. The summed E-state index contributed by atoms with van der Waals surface area (Å²) in [4.78, 5) is 29.3. The number of para-hydroxylation sites is 2. The monoisotopic (exact) mass is 346 g/mol. The quantitative estimate of drug-likeness (QED) is 0.525. The SMILES string of the molecule is N#C[C@@H](C(=O)c1cc(=O)c2ccccc2o1)c1nc2ccccc2s1. The first-order valence-corrected chi connectivity index (χ1v) is 8.31. The summed E-state index contributed by atoms with van der Waals surface area (Å²) in [6.45, 7) is 0. The maximum atomic E-state index is 12.8. The number of carbonyl (C=O) groups excluding carboxylic acids is 1. The van der Waals surface area contributed by atoms with Gasteiger partial charge in [-0.05, 0) is 24.3 Å². The molecule has 1 atom stereocenters. The molecule has 4 aromatic rings. The Morgan fingerprint density at radius 2 is 1.92 bits per heavy atom. The Labute approximate surface area is 145 Å². The number of ketones is 1. The van der Waals surface area contributed by atoms with Crippen molar-refractivity contribution in [2.75, 3.05) is 0 Å². The Balaban J connectivity index is 1.80. The summed E-state index contributed by atoms with van der Waals surface area (Å²) >= 11 is 1.29. The number of thiazole rings is 1. The minimum Gasteiger partial charge on any atom is -0.453 e. The van der Waals surface area contributed by atoms with Gasteiger partial charge in [-0.25, -0.2) is 4.98 Å². The van der Waals surface area contributed by atoms with Crippen molar-refractivity contribution in [2.24, 2.45) is 0 Å². The molecule has 0 fully saturated rings. The second-order valence-corrected chi connectivity index (χ2v) is 6.48. The molecule has 0 amide bonds. The third-order valence-corrected chi connectivity index (χ3v) is 4.93. The topological polar surface area (TPSA) is 84.0 Å². The molecule has 0 spiro atoms. The van der Waals surface area contributed by atoms with Crippen LogP contribution in [0.25, 0.3) is 21.2 Å². The second kappa shape index (κ2) is 5.96. The third kappa shape index (κ3) is 2.61. The predicted octanol–water partition coefficient (Wildman–Crippen LogP) is 3.89. The van der Waals surface area contributed by atoms with Crippen LogP contribution in [-0.2, 0) is 0 Å². The zero-order chi connectivity index (χ0) is 17.4. The van der Waals surface area contributed by atoms with Crippen LogP contribution in [0.5, 0.6) is 0 Å². The fraction of sp³-hybridized carbons (Fsp3) is 0.0526. The van der Waals surface area contributed by atoms with Crippen LogP contribution >= 0.6 is 11.3 Å². The number of fused-ring (bicyclic) bond motifs is 2. The van der Waals surface area contributed by atoms with Gasteiger partial charge in [0, 0.05) is 6.07 Å². The van der Waals surface area contributed by atoms with Gasteiger partial charge in [0.15, 0.2) is 17.1 Å². The number of carbonyl (C=O) groups is 1. The Kier molecular flexibility index (Phi) is 3.64. The van der Waals surface area contributed by atoms with E-state index >= 15 is 0 Å². The number of Topliss-reactive ketones (excluding diaryl/α,β-unsaturated/α-hetero) is 1. The molecule has 0 aliphatic heterocycles. The fourth-order valence-corrected chi connectivity index (χ4v) is 3.62. The summed E-state index contributed by atoms with van der Waals surface area (Å²) in [5.41, 5.74) is 0.737. The molecule has 2 aromatic carbocycles. The molecule has 0 aliphatic rings. The van der Waals surface area contributed by atoms with Crippen LogP contribution in [0.4, 0.5) is 0 Å². The molecule has 2 heterocycles. The van der Waals surface area contributed by atoms with Crippen molar-refractivity contribution >= 4 is 38.3 Å². The Bertz CT molecular complexity index is 1180. The molecule has 0 bridgehead atoms. The standard InChI is InChI=1S/C19H10N2O3S/c20-10-12(19-21-13-6-2-4-8-17(13)25-19)18(23)16-9-14(22)11-5-1-3-7-15(11)24-16/h1-9,12H/t12-/m0/s1. The number of hydrogen-bond donors (Lipinski definition) is 0. The van der Waals surface area contributed by atoms with Crippen molar-refractivity contribution in [2.45, 2.75) is 5.92 Å². The average Bonchev–Trinajstić information content (AvgIpc) is 3.06. The van der Waals surface area contributed by atoms with Crippen LogP contribution in [0.2, 0.25) is 0 Å². The molecule has 25 heavy (non-hydrogen) atoms. The summed E-state index contributed by atoms with van der Waals surface area (Å²) in [6.07, 6.45) is 0. The third-order valence-electron chi connectivity index (χ3n) is 3.83. The van der Waals surface area contributed by atoms with E-state index in [9.17, 15) is 14.9 Å². The fourth-order valence-electron chi connectivity index (χ4n) is 2.61.